The number of aliphatic carboxylic acids is 1. The van der Waals surface area contributed by atoms with Crippen molar-refractivity contribution < 1.29 is 23.9 Å². The minimum absolute atomic E-state index is 0.0153. The van der Waals surface area contributed by atoms with Crippen molar-refractivity contribution in [3.05, 3.63) is 29.3 Å². The molecule has 0 saturated carbocycles. The zero-order chi connectivity index (χ0) is 21.2. The summed E-state index contributed by atoms with van der Waals surface area (Å²) in [7, 11) is 10.2. The smallest absolute Gasteiger partial charge is 0.305 e. The molecule has 1 rings (SSSR count). The quantitative estimate of drug-likeness (QED) is 0.336. The number of hydrogen-bond acceptors (Lipinski definition) is 4. The Hall–Kier alpha value is -2.07. The standard InChI is InChI=1S/C22H34N2O4/c1-7-8-12-23(2)20(17-28-13-11-22(25)26)15-18-9-10-21(27-6)19(14-18)16-24(3,4)5/h9-10,14,20H,11-13,15-17H2,1-6H3/p+1/t20-/m0/s1. The maximum Gasteiger partial charge on any atom is 0.305 e. The van der Waals surface area contributed by atoms with Crippen LogP contribution >= 0.6 is 0 Å². The fraction of sp³-hybridized carbons (Fsp3) is 0.591. The summed E-state index contributed by atoms with van der Waals surface area (Å²) in [6.07, 6.45) is 0.810. The average molecular weight is 392 g/mol. The van der Waals surface area contributed by atoms with Crippen LogP contribution in [-0.2, 0) is 22.5 Å². The largest absolute Gasteiger partial charge is 0.496 e. The summed E-state index contributed by atoms with van der Waals surface area (Å²) < 4.78 is 12.0. The lowest BCUT2D eigenvalue weighted by atomic mass is 10.0. The van der Waals surface area contributed by atoms with E-state index in [-0.39, 0.29) is 19.1 Å². The highest BCUT2D eigenvalue weighted by Crippen LogP contribution is 2.24. The summed E-state index contributed by atoms with van der Waals surface area (Å²) in [6.45, 7) is 4.02. The lowest BCUT2D eigenvalue weighted by Crippen LogP contribution is -2.38. The second-order valence-corrected chi connectivity index (χ2v) is 8.01. The summed E-state index contributed by atoms with van der Waals surface area (Å²) in [6, 6.07) is 6.42. The number of benzene rings is 1. The number of carbonyl (C=O) groups is 1. The number of methoxy groups -OCH3 is 1. The number of carboxylic acids is 1. The van der Waals surface area contributed by atoms with E-state index >= 15 is 0 Å². The predicted molar refractivity (Wildman–Crippen MR) is 111 cm³/mol. The number of nitrogens with zero attached hydrogens (tertiary/aromatic N) is 2. The normalized spacial score (nSPS) is 12.4. The average Bonchev–Trinajstić information content (AvgIpc) is 2.60. The molecule has 28 heavy (non-hydrogen) atoms. The Labute approximate surface area is 169 Å². The highest BCUT2D eigenvalue weighted by Gasteiger charge is 2.18. The van der Waals surface area contributed by atoms with Crippen LogP contribution in [0.1, 0.15) is 24.5 Å². The Bertz CT molecular complexity index is 686. The van der Waals surface area contributed by atoms with E-state index in [1.165, 1.54) is 11.1 Å². The molecule has 0 aliphatic rings. The van der Waals surface area contributed by atoms with Gasteiger partial charge in [-0.05, 0) is 38.1 Å². The molecular formula is C22H35N2O4+. The van der Waals surface area contributed by atoms with Crippen LogP contribution < -0.4 is 4.74 Å². The Morgan fingerprint density at radius 1 is 1.32 bits per heavy atom. The first-order valence-electron chi connectivity index (χ1n) is 9.52. The van der Waals surface area contributed by atoms with Gasteiger partial charge in [0.2, 0.25) is 0 Å². The van der Waals surface area contributed by atoms with Gasteiger partial charge < -0.3 is 19.1 Å². The lowest BCUT2D eigenvalue weighted by Gasteiger charge is -2.28. The van der Waals surface area contributed by atoms with Gasteiger partial charge >= 0.3 is 5.97 Å². The van der Waals surface area contributed by atoms with Crippen molar-refractivity contribution in [1.29, 1.82) is 0 Å². The predicted octanol–water partition coefficient (Wildman–Crippen LogP) is 2.26. The molecule has 6 nitrogen and oxygen atoms in total. The number of quaternary nitrogens is 1. The van der Waals surface area contributed by atoms with E-state index in [0.717, 1.165) is 23.2 Å². The van der Waals surface area contributed by atoms with Gasteiger partial charge in [0.1, 0.15) is 12.3 Å². The van der Waals surface area contributed by atoms with Gasteiger partial charge in [0, 0.05) is 11.6 Å². The van der Waals surface area contributed by atoms with Crippen LogP contribution in [0.3, 0.4) is 0 Å². The molecule has 1 N–H and O–H groups in total. The van der Waals surface area contributed by atoms with Crippen molar-refractivity contribution in [2.24, 2.45) is 0 Å². The second kappa shape index (κ2) is 11.7. The molecule has 0 spiro atoms. The van der Waals surface area contributed by atoms with Gasteiger partial charge in [-0.2, -0.15) is 0 Å². The van der Waals surface area contributed by atoms with Crippen molar-refractivity contribution in [3.63, 3.8) is 0 Å². The van der Waals surface area contributed by atoms with E-state index in [1.54, 1.807) is 7.11 Å². The molecular weight excluding hydrogens is 356 g/mol. The van der Waals surface area contributed by atoms with E-state index in [0.29, 0.717) is 13.2 Å². The maximum absolute atomic E-state index is 10.7. The zero-order valence-electron chi connectivity index (χ0n) is 18.1. The Kier molecular flexibility index (Phi) is 10.0. The molecule has 156 valence electrons. The minimum atomic E-state index is -0.846. The van der Waals surface area contributed by atoms with Crippen molar-refractivity contribution in [2.45, 2.75) is 32.4 Å². The summed E-state index contributed by atoms with van der Waals surface area (Å²) >= 11 is 0. The molecule has 0 aliphatic heterocycles. The first kappa shape index (κ1) is 24.0. The first-order valence-corrected chi connectivity index (χ1v) is 9.52. The minimum Gasteiger partial charge on any atom is -0.496 e. The fourth-order valence-corrected chi connectivity index (χ4v) is 2.92. The zero-order valence-corrected chi connectivity index (χ0v) is 18.1. The van der Waals surface area contributed by atoms with E-state index in [4.69, 9.17) is 14.6 Å². The van der Waals surface area contributed by atoms with Crippen molar-refractivity contribution in [2.75, 3.05) is 55.1 Å². The van der Waals surface area contributed by atoms with Gasteiger partial charge in [0.05, 0.1) is 54.4 Å². The lowest BCUT2D eigenvalue weighted by molar-refractivity contribution is -0.884. The maximum atomic E-state index is 10.7. The topological polar surface area (TPSA) is 59.0 Å². The molecule has 0 aliphatic carbocycles. The summed E-state index contributed by atoms with van der Waals surface area (Å²) in [5.41, 5.74) is 2.38. The van der Waals surface area contributed by atoms with E-state index < -0.39 is 5.97 Å². The number of ether oxygens (including phenoxy) is 2. The molecule has 0 amide bonds. The highest BCUT2D eigenvalue weighted by molar-refractivity contribution is 5.66. The molecule has 0 radical (unpaired) electrons. The number of hydrogen-bond donors (Lipinski definition) is 1. The molecule has 0 aromatic heterocycles. The third-order valence-electron chi connectivity index (χ3n) is 4.36. The molecule has 0 heterocycles. The fourth-order valence-electron chi connectivity index (χ4n) is 2.92. The van der Waals surface area contributed by atoms with Gasteiger partial charge in [-0.1, -0.05) is 12.0 Å². The molecule has 0 unspecified atom stereocenters. The van der Waals surface area contributed by atoms with Crippen molar-refractivity contribution in [3.8, 4) is 17.6 Å². The molecule has 0 saturated heterocycles. The van der Waals surface area contributed by atoms with Crippen molar-refractivity contribution >= 4 is 5.97 Å². The third kappa shape index (κ3) is 9.23. The molecule has 1 aromatic carbocycles. The van der Waals surface area contributed by atoms with Crippen LogP contribution in [0.15, 0.2) is 18.2 Å². The van der Waals surface area contributed by atoms with Gasteiger partial charge in [-0.15, -0.1) is 5.92 Å². The van der Waals surface area contributed by atoms with Gasteiger partial charge in [0.25, 0.3) is 0 Å². The van der Waals surface area contributed by atoms with Crippen LogP contribution in [-0.4, -0.2) is 81.6 Å². The Morgan fingerprint density at radius 2 is 2.04 bits per heavy atom. The Morgan fingerprint density at radius 3 is 2.61 bits per heavy atom. The second-order valence-electron chi connectivity index (χ2n) is 8.01. The molecule has 0 bridgehead atoms. The van der Waals surface area contributed by atoms with Crippen LogP contribution in [0, 0.1) is 11.8 Å². The SMILES string of the molecule is CC#CCN(C)[C@H](COCCC(=O)O)Cc1ccc(OC)c(C[N+](C)(C)C)c1. The van der Waals surface area contributed by atoms with Gasteiger partial charge in [-0.3, -0.25) is 9.69 Å². The molecule has 0 fully saturated rings. The Balaban J connectivity index is 2.93. The number of rotatable bonds is 12. The van der Waals surface area contributed by atoms with E-state index in [9.17, 15) is 4.79 Å². The molecule has 1 atom stereocenters. The number of likely N-dealkylation sites (N-methyl/N-ethyl adjacent to an activating group) is 1. The van der Waals surface area contributed by atoms with Gasteiger partial charge in [0.15, 0.2) is 0 Å². The summed E-state index contributed by atoms with van der Waals surface area (Å²) in [5.74, 6) is 6.06. The van der Waals surface area contributed by atoms with Crippen molar-refractivity contribution in [1.82, 2.24) is 4.90 Å². The monoisotopic (exact) mass is 391 g/mol. The van der Waals surface area contributed by atoms with Crippen LogP contribution in [0.5, 0.6) is 5.75 Å². The van der Waals surface area contributed by atoms with Crippen LogP contribution in [0.25, 0.3) is 0 Å². The summed E-state index contributed by atoms with van der Waals surface area (Å²) in [4.78, 5) is 12.9. The third-order valence-corrected chi connectivity index (χ3v) is 4.36. The van der Waals surface area contributed by atoms with E-state index in [2.05, 4.69) is 50.0 Å². The first-order chi connectivity index (χ1) is 13.2. The highest BCUT2D eigenvalue weighted by atomic mass is 16.5. The number of carboxylic acid groups (broad SMARTS) is 1. The van der Waals surface area contributed by atoms with Crippen LogP contribution in [0.2, 0.25) is 0 Å². The van der Waals surface area contributed by atoms with Gasteiger partial charge in [-0.25, -0.2) is 0 Å². The summed E-state index contributed by atoms with van der Waals surface area (Å²) in [5, 5.41) is 8.79. The van der Waals surface area contributed by atoms with E-state index in [1.807, 2.05) is 20.0 Å². The molecule has 6 heteroatoms. The van der Waals surface area contributed by atoms with Crippen LogP contribution in [0.4, 0.5) is 0 Å². The molecule has 1 aromatic rings.